The van der Waals surface area contributed by atoms with Crippen molar-refractivity contribution in [2.45, 2.75) is 45.2 Å². The molecule has 1 aromatic heterocycles. The number of amides is 1. The van der Waals surface area contributed by atoms with E-state index in [1.165, 1.54) is 18.2 Å². The van der Waals surface area contributed by atoms with Crippen molar-refractivity contribution in [3.05, 3.63) is 105 Å². The Bertz CT molecular complexity index is 1590. The molecule has 39 heavy (non-hydrogen) atoms. The summed E-state index contributed by atoms with van der Waals surface area (Å²) in [4.78, 5) is 21.6. The molecule has 2 aliphatic rings. The van der Waals surface area contributed by atoms with Crippen molar-refractivity contribution >= 4 is 68.7 Å². The fraction of sp³-hybridized carbons (Fsp3) is 0.250. The van der Waals surface area contributed by atoms with Gasteiger partial charge in [0.15, 0.2) is 5.17 Å². The van der Waals surface area contributed by atoms with Gasteiger partial charge in [0.05, 0.1) is 20.6 Å². The lowest BCUT2D eigenvalue weighted by molar-refractivity contribution is -0.124. The van der Waals surface area contributed by atoms with Gasteiger partial charge in [0.2, 0.25) is 0 Å². The van der Waals surface area contributed by atoms with Crippen LogP contribution in [0.3, 0.4) is 0 Å². The molecule has 2 heterocycles. The monoisotopic (exact) mass is 573 g/mol. The standard InChI is InChI=1S/C32H29Cl2N3OS/c1-21-9-5-7-13-28(21)37-31(38)30(39-32(37)35-24-10-3-2-4-11-24)18-23-20-36(29-14-8-6-12-25(23)29)19-22-15-16-26(33)27(34)17-22/h2-4,6,8,10-12,14-18,20-21,28H,5,7,9,13,19H2,1H3/b30-18-,35-32?/t21-,28+/m1/s1. The first-order valence-corrected chi connectivity index (χ1v) is 14.9. The largest absolute Gasteiger partial charge is 0.342 e. The van der Waals surface area contributed by atoms with E-state index in [1.807, 2.05) is 71.6 Å². The second kappa shape index (κ2) is 11.2. The molecule has 0 bridgehead atoms. The Labute approximate surface area is 243 Å². The second-order valence-corrected chi connectivity index (χ2v) is 12.1. The zero-order chi connectivity index (χ0) is 26.9. The predicted octanol–water partition coefficient (Wildman–Crippen LogP) is 9.18. The molecule has 198 valence electrons. The molecule has 3 aromatic carbocycles. The van der Waals surface area contributed by atoms with Crippen LogP contribution in [0.5, 0.6) is 0 Å². The van der Waals surface area contributed by atoms with Crippen LogP contribution in [0.1, 0.15) is 43.7 Å². The van der Waals surface area contributed by atoms with Gasteiger partial charge >= 0.3 is 0 Å². The highest BCUT2D eigenvalue weighted by atomic mass is 35.5. The molecule has 1 saturated heterocycles. The lowest BCUT2D eigenvalue weighted by Gasteiger charge is -2.35. The van der Waals surface area contributed by atoms with Gasteiger partial charge in [0, 0.05) is 35.2 Å². The number of halogens is 2. The average Bonchev–Trinajstić information content (AvgIpc) is 3.44. The van der Waals surface area contributed by atoms with E-state index in [-0.39, 0.29) is 11.9 Å². The number of fused-ring (bicyclic) bond motifs is 1. The van der Waals surface area contributed by atoms with E-state index in [0.717, 1.165) is 52.1 Å². The van der Waals surface area contributed by atoms with E-state index < -0.39 is 0 Å². The fourth-order valence-electron chi connectivity index (χ4n) is 5.65. The van der Waals surface area contributed by atoms with Crippen molar-refractivity contribution in [2.24, 2.45) is 10.9 Å². The minimum absolute atomic E-state index is 0.0507. The van der Waals surface area contributed by atoms with Crippen molar-refractivity contribution in [3.8, 4) is 0 Å². The molecule has 2 fully saturated rings. The fourth-order valence-corrected chi connectivity index (χ4v) is 7.00. The molecule has 1 amide bonds. The average molecular weight is 575 g/mol. The third kappa shape index (κ3) is 5.41. The van der Waals surface area contributed by atoms with Crippen LogP contribution < -0.4 is 0 Å². The van der Waals surface area contributed by atoms with Gasteiger partial charge in [-0.15, -0.1) is 0 Å². The normalized spacial score (nSPS) is 21.9. The van der Waals surface area contributed by atoms with Crippen LogP contribution in [-0.2, 0) is 11.3 Å². The van der Waals surface area contributed by atoms with Gasteiger partial charge in [-0.05, 0) is 72.5 Å². The lowest BCUT2D eigenvalue weighted by Crippen LogP contribution is -2.44. The van der Waals surface area contributed by atoms with Gasteiger partial charge in [0.1, 0.15) is 0 Å². The van der Waals surface area contributed by atoms with Gasteiger partial charge < -0.3 is 4.57 Å². The van der Waals surface area contributed by atoms with Crippen molar-refractivity contribution in [1.82, 2.24) is 9.47 Å². The molecule has 0 radical (unpaired) electrons. The number of benzene rings is 3. The minimum atomic E-state index is 0.0507. The number of carbonyl (C=O) groups excluding carboxylic acids is 1. The van der Waals surface area contributed by atoms with Crippen molar-refractivity contribution in [1.29, 1.82) is 0 Å². The van der Waals surface area contributed by atoms with E-state index in [9.17, 15) is 4.79 Å². The van der Waals surface area contributed by atoms with E-state index >= 15 is 0 Å². The van der Waals surface area contributed by atoms with Crippen LogP contribution in [0.25, 0.3) is 17.0 Å². The maximum absolute atomic E-state index is 14.0. The minimum Gasteiger partial charge on any atom is -0.342 e. The molecule has 4 nitrogen and oxygen atoms in total. The first kappa shape index (κ1) is 26.2. The van der Waals surface area contributed by atoms with Crippen LogP contribution >= 0.6 is 35.0 Å². The SMILES string of the molecule is C[C@@H]1CCCC[C@@H]1N1C(=O)/C(=C/c2cn(Cc3ccc(Cl)c(Cl)c3)c3ccccc23)SC1=Nc1ccccc1. The Morgan fingerprint density at radius 1 is 0.974 bits per heavy atom. The molecule has 4 aromatic rings. The molecule has 1 saturated carbocycles. The lowest BCUT2D eigenvalue weighted by atomic mass is 9.85. The Morgan fingerprint density at radius 3 is 2.54 bits per heavy atom. The number of aromatic nitrogens is 1. The Kier molecular flexibility index (Phi) is 7.57. The van der Waals surface area contributed by atoms with Crippen LogP contribution in [0.4, 0.5) is 5.69 Å². The highest BCUT2D eigenvalue weighted by Gasteiger charge is 2.41. The summed E-state index contributed by atoms with van der Waals surface area (Å²) in [6.07, 6.45) is 8.67. The van der Waals surface area contributed by atoms with E-state index in [0.29, 0.717) is 27.4 Å². The molecule has 1 aliphatic heterocycles. The summed E-state index contributed by atoms with van der Waals surface area (Å²) in [6, 6.07) is 24.1. The number of nitrogens with zero attached hydrogens (tertiary/aromatic N) is 3. The van der Waals surface area contributed by atoms with Crippen LogP contribution in [-0.4, -0.2) is 26.6 Å². The summed E-state index contributed by atoms with van der Waals surface area (Å²) in [5.74, 6) is 0.492. The molecule has 6 rings (SSSR count). The first-order chi connectivity index (χ1) is 19.0. The summed E-state index contributed by atoms with van der Waals surface area (Å²) < 4.78 is 2.20. The van der Waals surface area contributed by atoms with Crippen LogP contribution in [0.15, 0.2) is 88.9 Å². The molecular weight excluding hydrogens is 545 g/mol. The number of para-hydroxylation sites is 2. The molecular formula is C32H29Cl2N3OS. The summed E-state index contributed by atoms with van der Waals surface area (Å²) >= 11 is 13.9. The van der Waals surface area contributed by atoms with E-state index in [4.69, 9.17) is 28.2 Å². The number of rotatable bonds is 5. The summed E-state index contributed by atoms with van der Waals surface area (Å²) in [5, 5.41) is 2.97. The molecule has 0 spiro atoms. The summed E-state index contributed by atoms with van der Waals surface area (Å²) in [5.41, 5.74) is 4.03. The third-order valence-electron chi connectivity index (χ3n) is 7.66. The Balaban J connectivity index is 1.39. The molecule has 7 heteroatoms. The van der Waals surface area contributed by atoms with Crippen LogP contribution in [0.2, 0.25) is 10.0 Å². The first-order valence-electron chi connectivity index (χ1n) is 13.4. The number of carbonyl (C=O) groups is 1. The van der Waals surface area contributed by atoms with Crippen molar-refractivity contribution in [2.75, 3.05) is 0 Å². The molecule has 0 N–H and O–H groups in total. The quantitative estimate of drug-likeness (QED) is 0.223. The van der Waals surface area contributed by atoms with Crippen molar-refractivity contribution < 1.29 is 4.79 Å². The van der Waals surface area contributed by atoms with Gasteiger partial charge in [0.25, 0.3) is 5.91 Å². The highest BCUT2D eigenvalue weighted by Crippen LogP contribution is 2.41. The summed E-state index contributed by atoms with van der Waals surface area (Å²) in [6.45, 7) is 2.91. The van der Waals surface area contributed by atoms with E-state index in [1.54, 1.807) is 0 Å². The maximum Gasteiger partial charge on any atom is 0.267 e. The van der Waals surface area contributed by atoms with Gasteiger partial charge in [-0.1, -0.05) is 85.4 Å². The van der Waals surface area contributed by atoms with Crippen molar-refractivity contribution in [3.63, 3.8) is 0 Å². The number of thioether (sulfide) groups is 1. The van der Waals surface area contributed by atoms with Crippen LogP contribution in [0, 0.1) is 5.92 Å². The zero-order valence-electron chi connectivity index (χ0n) is 21.7. The smallest absolute Gasteiger partial charge is 0.267 e. The van der Waals surface area contributed by atoms with Gasteiger partial charge in [-0.25, -0.2) is 4.99 Å². The van der Waals surface area contributed by atoms with Gasteiger partial charge in [-0.2, -0.15) is 0 Å². The molecule has 2 atom stereocenters. The second-order valence-electron chi connectivity index (χ2n) is 10.3. The Hall–Kier alpha value is -2.99. The predicted molar refractivity (Wildman–Crippen MR) is 165 cm³/mol. The maximum atomic E-state index is 14.0. The molecule has 1 aliphatic carbocycles. The molecule has 0 unspecified atom stereocenters. The van der Waals surface area contributed by atoms with Gasteiger partial charge in [-0.3, -0.25) is 9.69 Å². The Morgan fingerprint density at radius 2 is 1.74 bits per heavy atom. The number of hydrogen-bond acceptors (Lipinski definition) is 3. The topological polar surface area (TPSA) is 37.6 Å². The third-order valence-corrected chi connectivity index (χ3v) is 9.38. The van der Waals surface area contributed by atoms with E-state index in [2.05, 4.69) is 29.8 Å². The number of aliphatic imine (C=N–C) groups is 1. The zero-order valence-corrected chi connectivity index (χ0v) is 24.0. The highest BCUT2D eigenvalue weighted by molar-refractivity contribution is 8.18. The number of amidine groups is 1. The number of hydrogen-bond donors (Lipinski definition) is 0. The summed E-state index contributed by atoms with van der Waals surface area (Å²) in [7, 11) is 0.